The van der Waals surface area contributed by atoms with E-state index in [1.54, 1.807) is 12.1 Å². The summed E-state index contributed by atoms with van der Waals surface area (Å²) in [7, 11) is 0. The Morgan fingerprint density at radius 2 is 1.86 bits per heavy atom. The number of carbonyl (C=O) groups excluding carboxylic acids is 3. The van der Waals surface area contributed by atoms with Crippen molar-refractivity contribution >= 4 is 23.6 Å². The van der Waals surface area contributed by atoms with Crippen LogP contribution in [0.25, 0.3) is 0 Å². The molecule has 0 saturated carbocycles. The van der Waals surface area contributed by atoms with Gasteiger partial charge in [0.2, 0.25) is 0 Å². The molecule has 0 fully saturated rings. The van der Waals surface area contributed by atoms with E-state index in [0.29, 0.717) is 5.69 Å². The summed E-state index contributed by atoms with van der Waals surface area (Å²) in [6.45, 7) is 3.49. The third-order valence-corrected chi connectivity index (χ3v) is 2.62. The molecule has 0 heterocycles. The van der Waals surface area contributed by atoms with Crippen molar-refractivity contribution in [1.29, 1.82) is 0 Å². The molecule has 0 aliphatic carbocycles. The summed E-state index contributed by atoms with van der Waals surface area (Å²) in [4.78, 5) is 33.7. The fourth-order valence-electron chi connectivity index (χ4n) is 1.48. The van der Waals surface area contributed by atoms with Crippen LogP contribution in [0, 0.1) is 6.92 Å². The molecule has 1 atom stereocenters. The molecule has 1 aromatic rings. The first-order valence-corrected chi connectivity index (χ1v) is 6.49. The van der Waals surface area contributed by atoms with Crippen LogP contribution in [0.3, 0.4) is 0 Å². The van der Waals surface area contributed by atoms with E-state index in [0.717, 1.165) is 5.56 Å². The van der Waals surface area contributed by atoms with E-state index in [1.807, 2.05) is 19.1 Å². The molecule has 0 bridgehead atoms. The number of esters is 1. The summed E-state index contributed by atoms with van der Waals surface area (Å²) in [5.41, 5.74) is 6.57. The predicted molar refractivity (Wildman–Crippen MR) is 77.6 cm³/mol. The van der Waals surface area contributed by atoms with Crippen LogP contribution in [0.5, 0.6) is 0 Å². The van der Waals surface area contributed by atoms with Crippen molar-refractivity contribution in [3.05, 3.63) is 29.8 Å². The molecule has 0 aliphatic rings. The Labute approximate surface area is 122 Å². The molecule has 21 heavy (non-hydrogen) atoms. The molecule has 0 aliphatic heterocycles. The Balaban J connectivity index is 2.38. The first-order chi connectivity index (χ1) is 9.88. The van der Waals surface area contributed by atoms with Gasteiger partial charge < -0.3 is 21.1 Å². The number of nitrogens with two attached hydrogens (primary N) is 1. The lowest BCUT2D eigenvalue weighted by Crippen LogP contribution is -2.33. The lowest BCUT2D eigenvalue weighted by molar-refractivity contribution is -0.153. The second kappa shape index (κ2) is 7.88. The number of urea groups is 1. The van der Waals surface area contributed by atoms with Gasteiger partial charge in [-0.25, -0.2) is 4.79 Å². The van der Waals surface area contributed by atoms with Crippen LogP contribution in [0.1, 0.15) is 18.9 Å². The highest BCUT2D eigenvalue weighted by molar-refractivity contribution is 5.95. The van der Waals surface area contributed by atoms with Crippen molar-refractivity contribution in [2.24, 2.45) is 5.73 Å². The second-order valence-electron chi connectivity index (χ2n) is 4.53. The van der Waals surface area contributed by atoms with Crippen molar-refractivity contribution in [1.82, 2.24) is 5.32 Å². The average Bonchev–Trinajstić information content (AvgIpc) is 2.40. The van der Waals surface area contributed by atoms with E-state index >= 15 is 0 Å². The number of aryl methyl sites for hydroxylation is 1. The Bertz CT molecular complexity index is 513. The quantitative estimate of drug-likeness (QED) is 0.677. The van der Waals surface area contributed by atoms with Gasteiger partial charge in [-0.15, -0.1) is 0 Å². The summed E-state index contributed by atoms with van der Waals surface area (Å²) in [5.74, 6) is -1.01. The number of nitrogens with one attached hydrogen (secondary N) is 2. The third kappa shape index (κ3) is 6.42. The van der Waals surface area contributed by atoms with Gasteiger partial charge in [0, 0.05) is 12.2 Å². The number of benzene rings is 1. The molecule has 0 radical (unpaired) electrons. The largest absolute Gasteiger partial charge is 0.452 e. The van der Waals surface area contributed by atoms with Gasteiger partial charge in [-0.1, -0.05) is 17.7 Å². The molecule has 7 nitrogen and oxygen atoms in total. The second-order valence-corrected chi connectivity index (χ2v) is 4.53. The van der Waals surface area contributed by atoms with E-state index in [4.69, 9.17) is 10.5 Å². The Hall–Kier alpha value is -2.57. The Morgan fingerprint density at radius 1 is 1.24 bits per heavy atom. The number of rotatable bonds is 6. The zero-order valence-corrected chi connectivity index (χ0v) is 12.0. The molecule has 0 unspecified atom stereocenters. The molecular formula is C14H19N3O4. The molecule has 7 heteroatoms. The summed E-state index contributed by atoms with van der Waals surface area (Å²) < 4.78 is 4.95. The maximum absolute atomic E-state index is 11.8. The van der Waals surface area contributed by atoms with Crippen LogP contribution >= 0.6 is 0 Å². The number of amides is 3. The first-order valence-electron chi connectivity index (χ1n) is 6.49. The van der Waals surface area contributed by atoms with Crippen molar-refractivity contribution in [3.63, 3.8) is 0 Å². The van der Waals surface area contributed by atoms with Crippen LogP contribution < -0.4 is 16.4 Å². The van der Waals surface area contributed by atoms with Crippen molar-refractivity contribution in [2.45, 2.75) is 26.4 Å². The smallest absolute Gasteiger partial charge is 0.312 e. The molecule has 4 N–H and O–H groups in total. The van der Waals surface area contributed by atoms with Crippen LogP contribution in [-0.4, -0.2) is 30.6 Å². The standard InChI is InChI=1S/C14H19N3O4/c1-9-3-5-11(6-4-9)17-13(19)10(2)21-12(18)7-8-16-14(15)20/h3-6,10H,7-8H2,1-2H3,(H,17,19)(H3,15,16,20)/t10-/m0/s1. The Morgan fingerprint density at radius 3 is 2.43 bits per heavy atom. The maximum Gasteiger partial charge on any atom is 0.312 e. The number of carbonyl (C=O) groups is 3. The van der Waals surface area contributed by atoms with Gasteiger partial charge in [-0.3, -0.25) is 9.59 Å². The molecule has 0 spiro atoms. The number of hydrogen-bond acceptors (Lipinski definition) is 4. The monoisotopic (exact) mass is 293 g/mol. The van der Waals surface area contributed by atoms with Crippen molar-refractivity contribution in [2.75, 3.05) is 11.9 Å². The van der Waals surface area contributed by atoms with Crippen LogP contribution in [0.4, 0.5) is 10.5 Å². The highest BCUT2D eigenvalue weighted by Gasteiger charge is 2.17. The van der Waals surface area contributed by atoms with Crippen LogP contribution in [0.2, 0.25) is 0 Å². The maximum atomic E-state index is 11.8. The summed E-state index contributed by atoms with van der Waals surface area (Å²) >= 11 is 0. The molecule has 1 aromatic carbocycles. The van der Waals surface area contributed by atoms with Crippen molar-refractivity contribution < 1.29 is 19.1 Å². The lowest BCUT2D eigenvalue weighted by atomic mass is 10.2. The normalized spacial score (nSPS) is 11.3. The first kappa shape index (κ1) is 16.5. The van der Waals surface area contributed by atoms with Gasteiger partial charge in [-0.05, 0) is 26.0 Å². The molecular weight excluding hydrogens is 274 g/mol. The average molecular weight is 293 g/mol. The minimum absolute atomic E-state index is 0.0505. The van der Waals surface area contributed by atoms with E-state index in [1.165, 1.54) is 6.92 Å². The van der Waals surface area contributed by atoms with Gasteiger partial charge in [0.25, 0.3) is 5.91 Å². The van der Waals surface area contributed by atoms with Gasteiger partial charge in [-0.2, -0.15) is 0 Å². The fraction of sp³-hybridized carbons (Fsp3) is 0.357. The molecule has 114 valence electrons. The summed E-state index contributed by atoms with van der Waals surface area (Å²) in [6.07, 6.45) is -0.974. The lowest BCUT2D eigenvalue weighted by Gasteiger charge is -2.13. The zero-order chi connectivity index (χ0) is 15.8. The minimum atomic E-state index is -0.924. The van der Waals surface area contributed by atoms with E-state index in [2.05, 4.69) is 10.6 Å². The van der Waals surface area contributed by atoms with E-state index in [9.17, 15) is 14.4 Å². The van der Waals surface area contributed by atoms with Gasteiger partial charge in [0.05, 0.1) is 6.42 Å². The zero-order valence-electron chi connectivity index (χ0n) is 12.0. The predicted octanol–water partition coefficient (Wildman–Crippen LogP) is 0.924. The molecule has 3 amide bonds. The fourth-order valence-corrected chi connectivity index (χ4v) is 1.48. The summed E-state index contributed by atoms with van der Waals surface area (Å²) in [6, 6.07) is 6.54. The van der Waals surface area contributed by atoms with Gasteiger partial charge in [0.15, 0.2) is 6.10 Å². The van der Waals surface area contributed by atoms with E-state index in [-0.39, 0.29) is 13.0 Å². The van der Waals surface area contributed by atoms with E-state index < -0.39 is 24.0 Å². The molecule has 0 saturated heterocycles. The highest BCUT2D eigenvalue weighted by atomic mass is 16.5. The highest BCUT2D eigenvalue weighted by Crippen LogP contribution is 2.09. The molecule has 1 rings (SSSR count). The topological polar surface area (TPSA) is 111 Å². The number of anilines is 1. The number of hydrogen-bond donors (Lipinski definition) is 3. The van der Waals surface area contributed by atoms with Gasteiger partial charge in [0.1, 0.15) is 0 Å². The minimum Gasteiger partial charge on any atom is -0.452 e. The Kier molecular flexibility index (Phi) is 6.19. The van der Waals surface area contributed by atoms with Gasteiger partial charge >= 0.3 is 12.0 Å². The van der Waals surface area contributed by atoms with Crippen LogP contribution in [-0.2, 0) is 14.3 Å². The number of primary amides is 1. The van der Waals surface area contributed by atoms with Crippen LogP contribution in [0.15, 0.2) is 24.3 Å². The number of ether oxygens (including phenoxy) is 1. The SMILES string of the molecule is Cc1ccc(NC(=O)[C@H](C)OC(=O)CCNC(N)=O)cc1. The van der Waals surface area contributed by atoms with Crippen molar-refractivity contribution in [3.8, 4) is 0 Å². The third-order valence-electron chi connectivity index (χ3n) is 2.62. The summed E-state index contributed by atoms with van der Waals surface area (Å²) in [5, 5.41) is 4.90. The molecule has 0 aromatic heterocycles.